The summed E-state index contributed by atoms with van der Waals surface area (Å²) < 4.78 is 36.2. The summed E-state index contributed by atoms with van der Waals surface area (Å²) >= 11 is 0. The number of halogens is 1. The summed E-state index contributed by atoms with van der Waals surface area (Å²) in [7, 11) is -0.0477. The first-order valence-corrected chi connectivity index (χ1v) is 8.45. The third kappa shape index (κ3) is 7.31. The Morgan fingerprint density at radius 3 is 2.32 bits per heavy atom. The van der Waals surface area contributed by atoms with E-state index in [1.54, 1.807) is 28.1 Å². The van der Waals surface area contributed by atoms with Crippen LogP contribution >= 0.6 is 12.4 Å². The number of ether oxygens (including phenoxy) is 2. The van der Waals surface area contributed by atoms with Crippen molar-refractivity contribution in [1.82, 2.24) is 10.0 Å². The largest absolute Gasteiger partial charge is 0.493 e. The highest BCUT2D eigenvalue weighted by Gasteiger charge is 2.11. The average molecular weight is 353 g/mol. The van der Waals surface area contributed by atoms with Gasteiger partial charge in [-0.3, -0.25) is 0 Å². The van der Waals surface area contributed by atoms with E-state index in [9.17, 15) is 8.42 Å². The van der Waals surface area contributed by atoms with Crippen molar-refractivity contribution in [2.75, 3.05) is 26.5 Å². The Morgan fingerprint density at radius 1 is 1.14 bits per heavy atom. The second kappa shape index (κ2) is 9.89. The van der Waals surface area contributed by atoms with Gasteiger partial charge >= 0.3 is 0 Å². The van der Waals surface area contributed by atoms with E-state index >= 15 is 0 Å². The predicted molar refractivity (Wildman–Crippen MR) is 90.6 cm³/mol. The number of hydrogen-bond donors (Lipinski definition) is 2. The van der Waals surface area contributed by atoms with Crippen molar-refractivity contribution in [3.05, 3.63) is 23.8 Å². The van der Waals surface area contributed by atoms with E-state index in [0.717, 1.165) is 5.56 Å². The highest BCUT2D eigenvalue weighted by atomic mass is 35.5. The van der Waals surface area contributed by atoms with Gasteiger partial charge < -0.3 is 14.8 Å². The Labute approximate surface area is 139 Å². The maximum absolute atomic E-state index is 11.6. The molecular formula is C14H25ClN2O4S. The van der Waals surface area contributed by atoms with Gasteiger partial charge in [0, 0.05) is 19.1 Å². The number of rotatable bonds is 9. The van der Waals surface area contributed by atoms with Gasteiger partial charge in [-0.05, 0) is 31.5 Å². The van der Waals surface area contributed by atoms with Crippen LogP contribution in [-0.2, 0) is 16.6 Å². The number of sulfonamides is 1. The molecule has 128 valence electrons. The zero-order chi connectivity index (χ0) is 15.9. The van der Waals surface area contributed by atoms with Crippen molar-refractivity contribution < 1.29 is 17.9 Å². The zero-order valence-corrected chi connectivity index (χ0v) is 15.0. The third-order valence-corrected chi connectivity index (χ3v) is 4.31. The molecule has 0 saturated carbocycles. The highest BCUT2D eigenvalue weighted by Crippen LogP contribution is 2.27. The van der Waals surface area contributed by atoms with Crippen LogP contribution in [0.1, 0.15) is 19.4 Å². The molecule has 0 amide bonds. The normalized spacial score (nSPS) is 11.1. The van der Waals surface area contributed by atoms with E-state index in [1.807, 2.05) is 18.2 Å². The summed E-state index contributed by atoms with van der Waals surface area (Å²) in [6.07, 6.45) is 0. The Morgan fingerprint density at radius 2 is 1.77 bits per heavy atom. The molecule has 0 atom stereocenters. The van der Waals surface area contributed by atoms with Crippen molar-refractivity contribution in [1.29, 1.82) is 0 Å². The van der Waals surface area contributed by atoms with Crippen LogP contribution in [-0.4, -0.2) is 41.0 Å². The second-order valence-electron chi connectivity index (χ2n) is 4.96. The minimum absolute atomic E-state index is 0. The fourth-order valence-electron chi connectivity index (χ4n) is 1.85. The van der Waals surface area contributed by atoms with E-state index in [2.05, 4.69) is 10.0 Å². The van der Waals surface area contributed by atoms with Crippen LogP contribution in [0.2, 0.25) is 0 Å². The molecule has 0 unspecified atom stereocenters. The van der Waals surface area contributed by atoms with Crippen molar-refractivity contribution >= 4 is 22.4 Å². The van der Waals surface area contributed by atoms with Crippen LogP contribution < -0.4 is 19.5 Å². The standard InChI is InChI=1S/C14H24N2O4S.ClH/c1-11(2)16-21(17,18)8-7-15-10-12-5-6-13(19-3)14(9-12)20-4;/h5-6,9,11,15-16H,7-8,10H2,1-4H3;1H. The van der Waals surface area contributed by atoms with Gasteiger partial charge in [-0.1, -0.05) is 6.07 Å². The molecular weight excluding hydrogens is 328 g/mol. The summed E-state index contributed by atoms with van der Waals surface area (Å²) in [6.45, 7) is 4.55. The molecule has 0 aromatic heterocycles. The van der Waals surface area contributed by atoms with Crippen molar-refractivity contribution in [3.63, 3.8) is 0 Å². The Balaban J connectivity index is 0.00000441. The lowest BCUT2D eigenvalue weighted by Gasteiger charge is -2.11. The van der Waals surface area contributed by atoms with Gasteiger partial charge in [0.05, 0.1) is 20.0 Å². The number of hydrogen-bond acceptors (Lipinski definition) is 5. The van der Waals surface area contributed by atoms with E-state index in [0.29, 0.717) is 24.6 Å². The smallest absolute Gasteiger partial charge is 0.213 e. The second-order valence-corrected chi connectivity index (χ2v) is 6.83. The average Bonchev–Trinajstić information content (AvgIpc) is 2.42. The van der Waals surface area contributed by atoms with Crippen LogP contribution in [0.5, 0.6) is 11.5 Å². The number of benzene rings is 1. The summed E-state index contributed by atoms with van der Waals surface area (Å²) in [5, 5.41) is 3.10. The van der Waals surface area contributed by atoms with Gasteiger partial charge in [0.15, 0.2) is 11.5 Å². The van der Waals surface area contributed by atoms with Crippen molar-refractivity contribution in [2.24, 2.45) is 0 Å². The highest BCUT2D eigenvalue weighted by molar-refractivity contribution is 7.89. The van der Waals surface area contributed by atoms with Crippen LogP contribution in [0, 0.1) is 0 Å². The first-order valence-electron chi connectivity index (χ1n) is 6.79. The molecule has 0 spiro atoms. The lowest BCUT2D eigenvalue weighted by Crippen LogP contribution is -2.35. The maximum Gasteiger partial charge on any atom is 0.213 e. The van der Waals surface area contributed by atoms with E-state index in [-0.39, 0.29) is 24.2 Å². The van der Waals surface area contributed by atoms with Gasteiger partial charge in [0.1, 0.15) is 0 Å². The summed E-state index contributed by atoms with van der Waals surface area (Å²) in [5.41, 5.74) is 1.00. The third-order valence-electron chi connectivity index (χ3n) is 2.74. The number of methoxy groups -OCH3 is 2. The van der Waals surface area contributed by atoms with Gasteiger partial charge in [-0.2, -0.15) is 0 Å². The monoisotopic (exact) mass is 352 g/mol. The molecule has 2 N–H and O–H groups in total. The number of nitrogens with one attached hydrogen (secondary N) is 2. The fourth-order valence-corrected chi connectivity index (χ4v) is 3.10. The molecule has 0 saturated heterocycles. The molecule has 1 aromatic carbocycles. The molecule has 0 heterocycles. The lowest BCUT2D eigenvalue weighted by atomic mass is 10.2. The quantitative estimate of drug-likeness (QED) is 0.659. The zero-order valence-electron chi connectivity index (χ0n) is 13.4. The van der Waals surface area contributed by atoms with Crippen LogP contribution in [0.25, 0.3) is 0 Å². The first-order chi connectivity index (χ1) is 9.88. The molecule has 6 nitrogen and oxygen atoms in total. The topological polar surface area (TPSA) is 76.7 Å². The van der Waals surface area contributed by atoms with E-state index in [1.165, 1.54) is 0 Å². The van der Waals surface area contributed by atoms with Crippen LogP contribution in [0.4, 0.5) is 0 Å². The van der Waals surface area contributed by atoms with E-state index < -0.39 is 10.0 Å². The minimum Gasteiger partial charge on any atom is -0.493 e. The molecule has 0 aliphatic heterocycles. The Kier molecular flexibility index (Phi) is 9.43. The molecule has 0 aliphatic carbocycles. The Hall–Kier alpha value is -1.02. The van der Waals surface area contributed by atoms with Crippen molar-refractivity contribution in [3.8, 4) is 11.5 Å². The van der Waals surface area contributed by atoms with E-state index in [4.69, 9.17) is 9.47 Å². The summed E-state index contributed by atoms with van der Waals surface area (Å²) in [6, 6.07) is 5.52. The SMILES string of the molecule is COc1ccc(CNCCS(=O)(=O)NC(C)C)cc1OC.Cl. The van der Waals surface area contributed by atoms with Gasteiger partial charge in [-0.15, -0.1) is 12.4 Å². The van der Waals surface area contributed by atoms with Crippen molar-refractivity contribution in [2.45, 2.75) is 26.4 Å². The molecule has 0 aliphatic rings. The molecule has 1 aromatic rings. The van der Waals surface area contributed by atoms with Gasteiger partial charge in [-0.25, -0.2) is 13.1 Å². The lowest BCUT2D eigenvalue weighted by molar-refractivity contribution is 0.354. The molecule has 0 bridgehead atoms. The maximum atomic E-state index is 11.6. The molecule has 8 heteroatoms. The first kappa shape index (κ1) is 21.0. The fraction of sp³-hybridized carbons (Fsp3) is 0.571. The summed E-state index contributed by atoms with van der Waals surface area (Å²) in [5.74, 6) is 1.38. The Bertz CT molecular complexity index is 550. The van der Waals surface area contributed by atoms with Gasteiger partial charge in [0.25, 0.3) is 0 Å². The molecule has 1 rings (SSSR count). The minimum atomic E-state index is -3.22. The van der Waals surface area contributed by atoms with Crippen LogP contribution in [0.3, 0.4) is 0 Å². The van der Waals surface area contributed by atoms with Crippen LogP contribution in [0.15, 0.2) is 18.2 Å². The molecule has 0 radical (unpaired) electrons. The van der Waals surface area contributed by atoms with Gasteiger partial charge in [0.2, 0.25) is 10.0 Å². The molecule has 22 heavy (non-hydrogen) atoms. The molecule has 0 fully saturated rings. The summed E-state index contributed by atoms with van der Waals surface area (Å²) in [4.78, 5) is 0. The predicted octanol–water partition coefficient (Wildman–Crippen LogP) is 1.54.